The van der Waals surface area contributed by atoms with Gasteiger partial charge in [-0.3, -0.25) is 9.59 Å². The minimum Gasteiger partial charge on any atom is -0.463 e. The van der Waals surface area contributed by atoms with Crippen molar-refractivity contribution in [1.82, 2.24) is 0 Å². The van der Waals surface area contributed by atoms with E-state index in [1.807, 2.05) is 0 Å². The molecule has 1 atom stereocenters. The summed E-state index contributed by atoms with van der Waals surface area (Å²) in [5, 5.41) is 0. The van der Waals surface area contributed by atoms with Gasteiger partial charge in [0.05, 0.1) is 6.61 Å². The summed E-state index contributed by atoms with van der Waals surface area (Å²) in [7, 11) is 0. The van der Waals surface area contributed by atoms with Gasteiger partial charge in [-0.1, -0.05) is 36.4 Å². The van der Waals surface area contributed by atoms with Gasteiger partial charge in [0.25, 0.3) is 0 Å². The topological polar surface area (TPSA) is 69.7 Å². The van der Waals surface area contributed by atoms with E-state index in [2.05, 4.69) is 0 Å². The molecule has 0 radical (unpaired) electrons. The Morgan fingerprint density at radius 3 is 2.13 bits per heavy atom. The van der Waals surface area contributed by atoms with Gasteiger partial charge in [-0.2, -0.15) is 0 Å². The highest BCUT2D eigenvalue weighted by Crippen LogP contribution is 2.26. The number of esters is 2. The molecule has 6 heteroatoms. The molecule has 0 bridgehead atoms. The summed E-state index contributed by atoms with van der Waals surface area (Å²) in [6, 6.07) is 11.6. The van der Waals surface area contributed by atoms with Crippen LogP contribution in [0.1, 0.15) is 55.1 Å². The molecule has 0 fully saturated rings. The van der Waals surface area contributed by atoms with Crippen molar-refractivity contribution in [3.05, 3.63) is 77.1 Å². The monoisotopic (exact) mass is 412 g/mol. The Hall–Kier alpha value is -3.28. The number of ketones is 1. The second-order valence-corrected chi connectivity index (χ2v) is 7.59. The Labute approximate surface area is 175 Å². The fraction of sp³-hybridized carbons (Fsp3) is 0.292. The molecular weight excluding hydrogens is 387 g/mol. The van der Waals surface area contributed by atoms with E-state index in [4.69, 9.17) is 9.47 Å². The van der Waals surface area contributed by atoms with Gasteiger partial charge in [0.15, 0.2) is 5.78 Å². The predicted octanol–water partition coefficient (Wildman–Crippen LogP) is 4.71. The third-order valence-corrected chi connectivity index (χ3v) is 4.00. The van der Waals surface area contributed by atoms with Crippen LogP contribution in [0, 0.1) is 5.82 Å². The van der Waals surface area contributed by atoms with Crippen LogP contribution < -0.4 is 0 Å². The van der Waals surface area contributed by atoms with E-state index >= 15 is 0 Å². The van der Waals surface area contributed by atoms with E-state index < -0.39 is 35.1 Å². The average molecular weight is 412 g/mol. The van der Waals surface area contributed by atoms with Crippen LogP contribution in [0.3, 0.4) is 0 Å². The Morgan fingerprint density at radius 2 is 1.60 bits per heavy atom. The molecule has 0 aliphatic carbocycles. The fourth-order valence-corrected chi connectivity index (χ4v) is 2.69. The van der Waals surface area contributed by atoms with Crippen LogP contribution in [0.5, 0.6) is 0 Å². The zero-order valence-electron chi connectivity index (χ0n) is 17.5. The molecular formula is C24H25FO5. The molecule has 2 rings (SSSR count). The molecule has 158 valence electrons. The van der Waals surface area contributed by atoms with Gasteiger partial charge >= 0.3 is 11.9 Å². The lowest BCUT2D eigenvalue weighted by Crippen LogP contribution is -2.31. The average Bonchev–Trinajstić information content (AvgIpc) is 2.67. The lowest BCUT2D eigenvalue weighted by molar-refractivity contribution is -0.155. The molecule has 0 N–H and O–H groups in total. The number of carbonyl (C=O) groups excluding carboxylic acids is 3. The van der Waals surface area contributed by atoms with Gasteiger partial charge < -0.3 is 9.47 Å². The lowest BCUT2D eigenvalue weighted by atomic mass is 9.90. The highest BCUT2D eigenvalue weighted by Gasteiger charge is 2.33. The summed E-state index contributed by atoms with van der Waals surface area (Å²) in [4.78, 5) is 37.3. The molecule has 5 nitrogen and oxygen atoms in total. The van der Waals surface area contributed by atoms with Crippen LogP contribution in [0.2, 0.25) is 0 Å². The van der Waals surface area contributed by atoms with Gasteiger partial charge in [-0.15, -0.1) is 0 Å². The number of hydrogen-bond acceptors (Lipinski definition) is 5. The maximum atomic E-state index is 13.3. The second kappa shape index (κ2) is 9.96. The highest BCUT2D eigenvalue weighted by atomic mass is 19.1. The first-order chi connectivity index (χ1) is 14.1. The van der Waals surface area contributed by atoms with Gasteiger partial charge in [-0.05, 0) is 57.0 Å². The zero-order chi connectivity index (χ0) is 22.3. The van der Waals surface area contributed by atoms with Crippen LogP contribution in [0.25, 0.3) is 6.08 Å². The first-order valence-electron chi connectivity index (χ1n) is 9.58. The number of ether oxygens (including phenoxy) is 2. The van der Waals surface area contributed by atoms with Crippen LogP contribution in [-0.4, -0.2) is 29.9 Å². The number of benzene rings is 2. The minimum atomic E-state index is -1.22. The van der Waals surface area contributed by atoms with Crippen molar-refractivity contribution in [2.24, 2.45) is 0 Å². The van der Waals surface area contributed by atoms with E-state index in [1.54, 1.807) is 58.0 Å². The number of carbonyl (C=O) groups is 3. The third kappa shape index (κ3) is 6.65. The van der Waals surface area contributed by atoms with Gasteiger partial charge in [0, 0.05) is 11.6 Å². The van der Waals surface area contributed by atoms with Crippen LogP contribution >= 0.6 is 0 Å². The van der Waals surface area contributed by atoms with Crippen LogP contribution in [-0.2, 0) is 19.1 Å². The number of halogens is 1. The standard InChI is InChI=1S/C24H25FO5/c1-5-29-20(26)15-8-16-6-9-18(10-7-16)22(27)21(23(28)30-24(2,3)4)17-11-13-19(25)14-12-17/h6-15,21H,5H2,1-4H3/b15-8+/t21-/m0/s1. The summed E-state index contributed by atoms with van der Waals surface area (Å²) in [5.41, 5.74) is 0.554. The summed E-state index contributed by atoms with van der Waals surface area (Å²) in [6.45, 7) is 7.13. The van der Waals surface area contributed by atoms with E-state index in [0.29, 0.717) is 16.7 Å². The molecule has 0 heterocycles. The molecule has 30 heavy (non-hydrogen) atoms. The third-order valence-electron chi connectivity index (χ3n) is 4.00. The summed E-state index contributed by atoms with van der Waals surface area (Å²) in [5.74, 6) is -3.31. The maximum Gasteiger partial charge on any atom is 0.330 e. The molecule has 0 unspecified atom stereocenters. The molecule has 0 aliphatic rings. The van der Waals surface area contributed by atoms with Crippen LogP contribution in [0.4, 0.5) is 4.39 Å². The number of rotatable bonds is 7. The van der Waals surface area contributed by atoms with E-state index in [-0.39, 0.29) is 6.61 Å². The quantitative estimate of drug-likeness (QED) is 0.285. The molecule has 0 spiro atoms. The number of Topliss-reactive ketones (excluding diaryl/α,β-unsaturated/α-hetero) is 1. The SMILES string of the molecule is CCOC(=O)/C=C/c1ccc(C(=O)[C@@H](C(=O)OC(C)(C)C)c2ccc(F)cc2)cc1. The molecule has 0 amide bonds. The lowest BCUT2D eigenvalue weighted by Gasteiger charge is -2.23. The minimum absolute atomic E-state index is 0.284. The molecule has 2 aromatic rings. The Balaban J connectivity index is 2.30. The first-order valence-corrected chi connectivity index (χ1v) is 9.58. The molecule has 0 saturated carbocycles. The van der Waals surface area contributed by atoms with Crippen molar-refractivity contribution in [2.45, 2.75) is 39.2 Å². The Bertz CT molecular complexity index is 922. The van der Waals surface area contributed by atoms with Crippen molar-refractivity contribution >= 4 is 23.8 Å². The fourth-order valence-electron chi connectivity index (χ4n) is 2.69. The largest absolute Gasteiger partial charge is 0.463 e. The normalized spacial score (nSPS) is 12.4. The Morgan fingerprint density at radius 1 is 1.00 bits per heavy atom. The van der Waals surface area contributed by atoms with Crippen molar-refractivity contribution in [2.75, 3.05) is 6.61 Å². The molecule has 0 aromatic heterocycles. The molecule has 2 aromatic carbocycles. The van der Waals surface area contributed by atoms with E-state index in [1.165, 1.54) is 30.3 Å². The molecule has 0 saturated heterocycles. The van der Waals surface area contributed by atoms with Crippen molar-refractivity contribution in [3.8, 4) is 0 Å². The first kappa shape index (κ1) is 23.0. The van der Waals surface area contributed by atoms with Crippen molar-refractivity contribution in [1.29, 1.82) is 0 Å². The van der Waals surface area contributed by atoms with E-state index in [0.717, 1.165) is 0 Å². The summed E-state index contributed by atoms with van der Waals surface area (Å²) in [6.07, 6.45) is 2.86. The zero-order valence-corrected chi connectivity index (χ0v) is 17.5. The van der Waals surface area contributed by atoms with Gasteiger partial charge in [0.2, 0.25) is 0 Å². The molecule has 0 aliphatic heterocycles. The van der Waals surface area contributed by atoms with Crippen LogP contribution in [0.15, 0.2) is 54.6 Å². The number of hydrogen-bond donors (Lipinski definition) is 0. The van der Waals surface area contributed by atoms with Gasteiger partial charge in [-0.25, -0.2) is 9.18 Å². The predicted molar refractivity (Wildman–Crippen MR) is 111 cm³/mol. The van der Waals surface area contributed by atoms with Crippen molar-refractivity contribution in [3.63, 3.8) is 0 Å². The van der Waals surface area contributed by atoms with Gasteiger partial charge in [0.1, 0.15) is 17.3 Å². The van der Waals surface area contributed by atoms with E-state index in [9.17, 15) is 18.8 Å². The maximum absolute atomic E-state index is 13.3. The Kier molecular flexibility index (Phi) is 7.64. The summed E-state index contributed by atoms with van der Waals surface area (Å²) >= 11 is 0. The van der Waals surface area contributed by atoms with Crippen molar-refractivity contribution < 1.29 is 28.2 Å². The highest BCUT2D eigenvalue weighted by molar-refractivity contribution is 6.13. The second-order valence-electron chi connectivity index (χ2n) is 7.59. The summed E-state index contributed by atoms with van der Waals surface area (Å²) < 4.78 is 23.6. The smallest absolute Gasteiger partial charge is 0.330 e.